The molecule has 2 heterocycles. The first-order valence-electron chi connectivity index (χ1n) is 8.15. The van der Waals surface area contributed by atoms with Crippen LogP contribution in [-0.4, -0.2) is 67.4 Å². The zero-order valence-electron chi connectivity index (χ0n) is 13.7. The maximum absolute atomic E-state index is 12.7. The van der Waals surface area contributed by atoms with Crippen LogP contribution in [-0.2, 0) is 14.3 Å². The minimum absolute atomic E-state index is 0.290. The van der Waals surface area contributed by atoms with Gasteiger partial charge in [0.05, 0.1) is 25.3 Å². The molecule has 1 aromatic rings. The molecule has 0 aromatic heterocycles. The minimum atomic E-state index is -1.04. The number of nitrogens with zero attached hydrogens (tertiary/aromatic N) is 2. The molecule has 3 rings (SSSR count). The number of ether oxygens (including phenoxy) is 2. The van der Waals surface area contributed by atoms with E-state index in [2.05, 4.69) is 4.90 Å². The molecule has 7 nitrogen and oxygen atoms in total. The van der Waals surface area contributed by atoms with Crippen LogP contribution in [0.5, 0.6) is 5.75 Å². The van der Waals surface area contributed by atoms with Crippen molar-refractivity contribution in [2.24, 2.45) is 0 Å². The van der Waals surface area contributed by atoms with E-state index in [1.807, 2.05) is 25.1 Å². The lowest BCUT2D eigenvalue weighted by molar-refractivity contribution is -0.142. The van der Waals surface area contributed by atoms with Gasteiger partial charge in [0.15, 0.2) is 6.10 Å². The Morgan fingerprint density at radius 1 is 1.29 bits per heavy atom. The maximum atomic E-state index is 12.7. The van der Waals surface area contributed by atoms with E-state index in [1.54, 1.807) is 4.90 Å². The number of benzene rings is 1. The SMILES string of the molecule is Cc1ccc2c(c1)OC(CC(=O)O)C(=O)N2CCN1CCOCC1. The first-order valence-corrected chi connectivity index (χ1v) is 8.15. The number of carbonyl (C=O) groups excluding carboxylic acids is 1. The molecule has 2 aliphatic heterocycles. The summed E-state index contributed by atoms with van der Waals surface area (Å²) in [6.07, 6.45) is -1.30. The van der Waals surface area contributed by atoms with E-state index in [9.17, 15) is 9.59 Å². The lowest BCUT2D eigenvalue weighted by atomic mass is 10.1. The number of aryl methyl sites for hydroxylation is 1. The number of aliphatic carboxylic acids is 1. The van der Waals surface area contributed by atoms with Crippen molar-refractivity contribution < 1.29 is 24.2 Å². The number of morpholine rings is 1. The minimum Gasteiger partial charge on any atom is -0.481 e. The number of carboxylic acid groups (broad SMARTS) is 1. The molecule has 1 amide bonds. The topological polar surface area (TPSA) is 79.3 Å². The molecule has 0 bridgehead atoms. The lowest BCUT2D eigenvalue weighted by Crippen LogP contribution is -2.50. The summed E-state index contributed by atoms with van der Waals surface area (Å²) in [7, 11) is 0. The first-order chi connectivity index (χ1) is 11.5. The Labute approximate surface area is 140 Å². The van der Waals surface area contributed by atoms with Gasteiger partial charge in [-0.3, -0.25) is 14.5 Å². The highest BCUT2D eigenvalue weighted by molar-refractivity contribution is 6.01. The van der Waals surface area contributed by atoms with Crippen molar-refractivity contribution in [1.29, 1.82) is 0 Å². The third-order valence-electron chi connectivity index (χ3n) is 4.32. The van der Waals surface area contributed by atoms with Crippen molar-refractivity contribution in [3.8, 4) is 5.75 Å². The van der Waals surface area contributed by atoms with Crippen molar-refractivity contribution in [3.63, 3.8) is 0 Å². The van der Waals surface area contributed by atoms with Crippen molar-refractivity contribution >= 4 is 17.6 Å². The van der Waals surface area contributed by atoms with Crippen LogP contribution in [0, 0.1) is 6.92 Å². The van der Waals surface area contributed by atoms with E-state index in [0.717, 1.165) is 25.2 Å². The molecule has 1 saturated heterocycles. The highest BCUT2D eigenvalue weighted by atomic mass is 16.5. The number of amides is 1. The average molecular weight is 334 g/mol. The van der Waals surface area contributed by atoms with Crippen LogP contribution in [0.25, 0.3) is 0 Å². The van der Waals surface area contributed by atoms with Gasteiger partial charge in [0.1, 0.15) is 5.75 Å². The Bertz CT molecular complexity index is 627. The Hall–Kier alpha value is -2.12. The van der Waals surface area contributed by atoms with Crippen LogP contribution in [0.2, 0.25) is 0 Å². The second kappa shape index (κ2) is 7.19. The highest BCUT2D eigenvalue weighted by Gasteiger charge is 2.35. The molecule has 130 valence electrons. The lowest BCUT2D eigenvalue weighted by Gasteiger charge is -2.36. The maximum Gasteiger partial charge on any atom is 0.307 e. The summed E-state index contributed by atoms with van der Waals surface area (Å²) >= 11 is 0. The number of fused-ring (bicyclic) bond motifs is 1. The molecule has 1 aromatic carbocycles. The van der Waals surface area contributed by atoms with E-state index in [4.69, 9.17) is 14.6 Å². The van der Waals surface area contributed by atoms with E-state index in [0.29, 0.717) is 31.2 Å². The molecule has 1 N–H and O–H groups in total. The van der Waals surface area contributed by atoms with Crippen LogP contribution >= 0.6 is 0 Å². The summed E-state index contributed by atoms with van der Waals surface area (Å²) in [4.78, 5) is 27.6. The third kappa shape index (κ3) is 3.68. The Balaban J connectivity index is 1.78. The second-order valence-corrected chi connectivity index (χ2v) is 6.12. The molecule has 24 heavy (non-hydrogen) atoms. The van der Waals surface area contributed by atoms with E-state index < -0.39 is 12.1 Å². The summed E-state index contributed by atoms with van der Waals surface area (Å²) in [5, 5.41) is 9.03. The standard InChI is InChI=1S/C17H22N2O5/c1-12-2-3-13-14(10-12)24-15(11-16(20)21)17(22)19(13)5-4-18-6-8-23-9-7-18/h2-3,10,15H,4-9,11H2,1H3,(H,20,21). The van der Waals surface area contributed by atoms with Crippen molar-refractivity contribution in [3.05, 3.63) is 23.8 Å². The zero-order valence-corrected chi connectivity index (χ0v) is 13.7. The first kappa shape index (κ1) is 16.7. The zero-order chi connectivity index (χ0) is 17.1. The monoisotopic (exact) mass is 334 g/mol. The fraction of sp³-hybridized carbons (Fsp3) is 0.529. The predicted molar refractivity (Wildman–Crippen MR) is 87.5 cm³/mol. The molecule has 0 radical (unpaired) electrons. The molecule has 7 heteroatoms. The largest absolute Gasteiger partial charge is 0.481 e. The van der Waals surface area contributed by atoms with Gasteiger partial charge in [-0.15, -0.1) is 0 Å². The number of carboxylic acids is 1. The highest BCUT2D eigenvalue weighted by Crippen LogP contribution is 2.35. The van der Waals surface area contributed by atoms with Crippen LogP contribution in [0.15, 0.2) is 18.2 Å². The van der Waals surface area contributed by atoms with Gasteiger partial charge in [-0.25, -0.2) is 0 Å². The predicted octanol–water partition coefficient (Wildman–Crippen LogP) is 0.896. The Morgan fingerprint density at radius 2 is 2.04 bits per heavy atom. The second-order valence-electron chi connectivity index (χ2n) is 6.12. The number of rotatable bonds is 5. The van der Waals surface area contributed by atoms with Gasteiger partial charge in [0.25, 0.3) is 5.91 Å². The van der Waals surface area contributed by atoms with E-state index >= 15 is 0 Å². The van der Waals surface area contributed by atoms with Crippen LogP contribution in [0.3, 0.4) is 0 Å². The van der Waals surface area contributed by atoms with Crippen molar-refractivity contribution in [2.45, 2.75) is 19.4 Å². The van der Waals surface area contributed by atoms with Gasteiger partial charge in [0, 0.05) is 26.2 Å². The van der Waals surface area contributed by atoms with Crippen LogP contribution < -0.4 is 9.64 Å². The quantitative estimate of drug-likeness (QED) is 0.862. The molecular weight excluding hydrogens is 312 g/mol. The molecule has 0 saturated carbocycles. The van der Waals surface area contributed by atoms with E-state index in [1.165, 1.54) is 0 Å². The van der Waals surface area contributed by atoms with Crippen LogP contribution in [0.4, 0.5) is 5.69 Å². The summed E-state index contributed by atoms with van der Waals surface area (Å²) in [6.45, 7) is 6.26. The summed E-state index contributed by atoms with van der Waals surface area (Å²) in [6, 6.07) is 5.63. The van der Waals surface area contributed by atoms with Gasteiger partial charge < -0.3 is 19.5 Å². The Kier molecular flexibility index (Phi) is 5.01. The number of carbonyl (C=O) groups is 2. The molecule has 0 spiro atoms. The fourth-order valence-electron chi connectivity index (χ4n) is 3.02. The van der Waals surface area contributed by atoms with Gasteiger partial charge in [0.2, 0.25) is 0 Å². The average Bonchev–Trinajstić information content (AvgIpc) is 2.55. The van der Waals surface area contributed by atoms with Crippen molar-refractivity contribution in [2.75, 3.05) is 44.3 Å². The van der Waals surface area contributed by atoms with Crippen LogP contribution in [0.1, 0.15) is 12.0 Å². The summed E-state index contributed by atoms with van der Waals surface area (Å²) in [5.74, 6) is -0.762. The summed E-state index contributed by atoms with van der Waals surface area (Å²) in [5.41, 5.74) is 1.71. The van der Waals surface area contributed by atoms with Gasteiger partial charge in [-0.2, -0.15) is 0 Å². The van der Waals surface area contributed by atoms with Crippen molar-refractivity contribution in [1.82, 2.24) is 4.90 Å². The molecule has 2 aliphatic rings. The van der Waals surface area contributed by atoms with Gasteiger partial charge in [-0.05, 0) is 24.6 Å². The number of hydrogen-bond donors (Lipinski definition) is 1. The molecule has 1 fully saturated rings. The molecular formula is C17H22N2O5. The van der Waals surface area contributed by atoms with E-state index in [-0.39, 0.29) is 12.3 Å². The molecule has 0 aliphatic carbocycles. The number of hydrogen-bond acceptors (Lipinski definition) is 5. The normalized spacial score (nSPS) is 21.3. The Morgan fingerprint density at radius 3 is 2.75 bits per heavy atom. The van der Waals surface area contributed by atoms with Gasteiger partial charge in [-0.1, -0.05) is 6.07 Å². The summed E-state index contributed by atoms with van der Waals surface area (Å²) < 4.78 is 11.0. The smallest absolute Gasteiger partial charge is 0.307 e. The van der Waals surface area contributed by atoms with Gasteiger partial charge >= 0.3 is 5.97 Å². The molecule has 1 atom stereocenters. The molecule has 1 unspecified atom stereocenters. The number of anilines is 1. The third-order valence-corrected chi connectivity index (χ3v) is 4.32. The fourth-order valence-corrected chi connectivity index (χ4v) is 3.02.